The van der Waals surface area contributed by atoms with Crippen molar-refractivity contribution in [3.63, 3.8) is 0 Å². The fourth-order valence-corrected chi connectivity index (χ4v) is 3.37. The number of carbonyl (C=O) groups excluding carboxylic acids is 1. The fraction of sp³-hybridized carbons (Fsp3) is 0.389. The van der Waals surface area contributed by atoms with E-state index in [1.165, 1.54) is 0 Å². The van der Waals surface area contributed by atoms with E-state index in [0.29, 0.717) is 36.6 Å². The van der Waals surface area contributed by atoms with Gasteiger partial charge in [0.2, 0.25) is 5.91 Å². The maximum atomic E-state index is 12.6. The molecule has 0 saturated carbocycles. The van der Waals surface area contributed by atoms with Gasteiger partial charge >= 0.3 is 0 Å². The van der Waals surface area contributed by atoms with Crippen LogP contribution in [0.15, 0.2) is 23.0 Å². The van der Waals surface area contributed by atoms with E-state index >= 15 is 0 Å². The van der Waals surface area contributed by atoms with Crippen LogP contribution in [0.3, 0.4) is 0 Å². The molecular weight excluding hydrogens is 326 g/mol. The second kappa shape index (κ2) is 6.77. The highest BCUT2D eigenvalue weighted by molar-refractivity contribution is 6.31. The number of hydrogen-bond donors (Lipinski definition) is 1. The van der Waals surface area contributed by atoms with E-state index < -0.39 is 0 Å². The molecule has 1 N–H and O–H groups in total. The lowest BCUT2D eigenvalue weighted by Crippen LogP contribution is -2.38. The minimum atomic E-state index is -0.215. The largest absolute Gasteiger partial charge is 0.338 e. The Morgan fingerprint density at radius 3 is 2.92 bits per heavy atom. The van der Waals surface area contributed by atoms with Crippen LogP contribution >= 0.6 is 11.6 Å². The number of amides is 1. The highest BCUT2D eigenvalue weighted by Crippen LogP contribution is 2.26. The lowest BCUT2D eigenvalue weighted by atomic mass is 9.99. The highest BCUT2D eigenvalue weighted by atomic mass is 35.5. The number of halogens is 1. The molecule has 1 aliphatic heterocycles. The molecule has 5 nitrogen and oxygen atoms in total. The average Bonchev–Trinajstić information content (AvgIpc) is 2.57. The molecule has 0 bridgehead atoms. The number of nitrogens with one attached hydrogen (secondary N) is 1. The maximum absolute atomic E-state index is 12.6. The first-order chi connectivity index (χ1) is 11.5. The molecule has 2 heterocycles. The standard InChI is InChI=1S/C18H20ClN3O2/c1-3-16-20-11(2)14(18(24)21-16)9-17(23)22-8-7-13-12(10-22)5-4-6-15(13)19/h4-6H,3,7-10H2,1-2H3,(H,20,21,24). The molecule has 0 atom stereocenters. The summed E-state index contributed by atoms with van der Waals surface area (Å²) in [6, 6.07) is 5.77. The zero-order valence-electron chi connectivity index (χ0n) is 13.9. The molecule has 6 heteroatoms. The van der Waals surface area contributed by atoms with Crippen molar-refractivity contribution in [3.05, 3.63) is 61.8 Å². The number of aryl methyl sites for hydroxylation is 2. The molecule has 0 saturated heterocycles. The van der Waals surface area contributed by atoms with Crippen molar-refractivity contribution in [1.82, 2.24) is 14.9 Å². The van der Waals surface area contributed by atoms with Gasteiger partial charge in [-0.3, -0.25) is 9.59 Å². The minimum absolute atomic E-state index is 0.0553. The monoisotopic (exact) mass is 345 g/mol. The molecule has 3 rings (SSSR count). The van der Waals surface area contributed by atoms with Crippen molar-refractivity contribution < 1.29 is 4.79 Å². The van der Waals surface area contributed by atoms with Crippen molar-refractivity contribution in [2.75, 3.05) is 6.54 Å². The molecule has 0 spiro atoms. The number of nitrogens with zero attached hydrogens (tertiary/aromatic N) is 2. The van der Waals surface area contributed by atoms with E-state index in [0.717, 1.165) is 22.6 Å². The van der Waals surface area contributed by atoms with Crippen LogP contribution < -0.4 is 5.56 Å². The van der Waals surface area contributed by atoms with Gasteiger partial charge in [-0.2, -0.15) is 0 Å². The van der Waals surface area contributed by atoms with Gasteiger partial charge in [-0.25, -0.2) is 4.98 Å². The first-order valence-corrected chi connectivity index (χ1v) is 8.50. The van der Waals surface area contributed by atoms with E-state index in [-0.39, 0.29) is 17.9 Å². The fourth-order valence-electron chi connectivity index (χ4n) is 3.08. The van der Waals surface area contributed by atoms with E-state index in [9.17, 15) is 9.59 Å². The summed E-state index contributed by atoms with van der Waals surface area (Å²) < 4.78 is 0. The summed E-state index contributed by atoms with van der Waals surface area (Å²) in [5.41, 5.74) is 3.06. The van der Waals surface area contributed by atoms with Crippen LogP contribution in [-0.2, 0) is 30.6 Å². The molecule has 0 fully saturated rings. The number of benzene rings is 1. The Labute approximate surface area is 145 Å². The number of aromatic nitrogens is 2. The summed E-state index contributed by atoms with van der Waals surface area (Å²) in [6.07, 6.45) is 1.48. The van der Waals surface area contributed by atoms with Gasteiger partial charge in [0.05, 0.1) is 6.42 Å². The van der Waals surface area contributed by atoms with Crippen LogP contribution in [0.25, 0.3) is 0 Å². The number of rotatable bonds is 3. The Hall–Kier alpha value is -2.14. The van der Waals surface area contributed by atoms with Crippen molar-refractivity contribution >= 4 is 17.5 Å². The van der Waals surface area contributed by atoms with Crippen LogP contribution in [0.4, 0.5) is 0 Å². The quantitative estimate of drug-likeness (QED) is 0.929. The topological polar surface area (TPSA) is 66.1 Å². The Morgan fingerprint density at radius 2 is 2.21 bits per heavy atom. The molecule has 24 heavy (non-hydrogen) atoms. The third-order valence-electron chi connectivity index (χ3n) is 4.50. The maximum Gasteiger partial charge on any atom is 0.254 e. The Bertz CT molecular complexity index is 845. The molecule has 1 aliphatic rings. The van der Waals surface area contributed by atoms with Gasteiger partial charge in [-0.15, -0.1) is 0 Å². The third-order valence-corrected chi connectivity index (χ3v) is 4.85. The normalized spacial score (nSPS) is 13.7. The molecule has 0 aliphatic carbocycles. The van der Waals surface area contributed by atoms with E-state index in [2.05, 4.69) is 9.97 Å². The van der Waals surface area contributed by atoms with Gasteiger partial charge in [0.15, 0.2) is 0 Å². The summed E-state index contributed by atoms with van der Waals surface area (Å²) in [5, 5.41) is 0.756. The number of carbonyl (C=O) groups is 1. The van der Waals surface area contributed by atoms with Crippen molar-refractivity contribution in [2.24, 2.45) is 0 Å². The summed E-state index contributed by atoms with van der Waals surface area (Å²) in [6.45, 7) is 4.86. The van der Waals surface area contributed by atoms with Gasteiger partial charge in [0, 0.05) is 35.8 Å². The highest BCUT2D eigenvalue weighted by Gasteiger charge is 2.23. The van der Waals surface area contributed by atoms with Crippen LogP contribution in [0, 0.1) is 6.92 Å². The van der Waals surface area contributed by atoms with Crippen LogP contribution in [0.2, 0.25) is 5.02 Å². The Morgan fingerprint density at radius 1 is 1.42 bits per heavy atom. The minimum Gasteiger partial charge on any atom is -0.338 e. The lowest BCUT2D eigenvalue weighted by Gasteiger charge is -2.29. The predicted octanol–water partition coefficient (Wildman–Crippen LogP) is 2.42. The zero-order valence-corrected chi connectivity index (χ0v) is 14.6. The summed E-state index contributed by atoms with van der Waals surface area (Å²) >= 11 is 6.21. The molecule has 1 aromatic carbocycles. The summed E-state index contributed by atoms with van der Waals surface area (Å²) in [5.74, 6) is 0.593. The van der Waals surface area contributed by atoms with E-state index in [1.807, 2.05) is 25.1 Å². The predicted molar refractivity (Wildman–Crippen MR) is 93.2 cm³/mol. The smallest absolute Gasteiger partial charge is 0.254 e. The van der Waals surface area contributed by atoms with Crippen LogP contribution in [-0.4, -0.2) is 27.3 Å². The second-order valence-corrected chi connectivity index (χ2v) is 6.46. The number of hydrogen-bond acceptors (Lipinski definition) is 3. The molecule has 0 unspecified atom stereocenters. The average molecular weight is 346 g/mol. The number of aromatic amines is 1. The van der Waals surface area contributed by atoms with Crippen LogP contribution in [0.5, 0.6) is 0 Å². The van der Waals surface area contributed by atoms with Gasteiger partial charge < -0.3 is 9.88 Å². The summed E-state index contributed by atoms with van der Waals surface area (Å²) in [4.78, 5) is 33.7. The number of fused-ring (bicyclic) bond motifs is 1. The molecule has 2 aromatic rings. The van der Waals surface area contributed by atoms with Gasteiger partial charge in [-0.05, 0) is 30.5 Å². The zero-order chi connectivity index (χ0) is 17.3. The van der Waals surface area contributed by atoms with Crippen LogP contribution in [0.1, 0.15) is 35.1 Å². The van der Waals surface area contributed by atoms with E-state index in [4.69, 9.17) is 11.6 Å². The molecule has 0 radical (unpaired) electrons. The molecular formula is C18H20ClN3O2. The first kappa shape index (κ1) is 16.7. The summed E-state index contributed by atoms with van der Waals surface area (Å²) in [7, 11) is 0. The van der Waals surface area contributed by atoms with Gasteiger partial charge in [0.25, 0.3) is 5.56 Å². The van der Waals surface area contributed by atoms with Gasteiger partial charge in [0.1, 0.15) is 5.82 Å². The van der Waals surface area contributed by atoms with E-state index in [1.54, 1.807) is 11.8 Å². The lowest BCUT2D eigenvalue weighted by molar-refractivity contribution is -0.131. The Balaban J connectivity index is 1.78. The Kier molecular flexibility index (Phi) is 4.71. The molecule has 1 aromatic heterocycles. The van der Waals surface area contributed by atoms with Crippen molar-refractivity contribution in [2.45, 2.75) is 39.7 Å². The molecule has 1 amide bonds. The van der Waals surface area contributed by atoms with Gasteiger partial charge in [-0.1, -0.05) is 30.7 Å². The number of H-pyrrole nitrogens is 1. The third kappa shape index (κ3) is 3.22. The second-order valence-electron chi connectivity index (χ2n) is 6.05. The van der Waals surface area contributed by atoms with Crippen molar-refractivity contribution in [1.29, 1.82) is 0 Å². The molecule has 126 valence electrons. The van der Waals surface area contributed by atoms with Crippen molar-refractivity contribution in [3.8, 4) is 0 Å². The first-order valence-electron chi connectivity index (χ1n) is 8.12. The SMILES string of the molecule is CCc1nc(C)c(CC(=O)N2CCc3c(Cl)cccc3C2)c(=O)[nH]1.